The van der Waals surface area contributed by atoms with Gasteiger partial charge in [0, 0.05) is 31.2 Å². The van der Waals surface area contributed by atoms with Crippen molar-refractivity contribution in [2.45, 2.75) is 18.9 Å². The van der Waals surface area contributed by atoms with Crippen LogP contribution in [0.4, 0.5) is 0 Å². The lowest BCUT2D eigenvalue weighted by molar-refractivity contribution is -0.122. The number of hydrogen-bond donors (Lipinski definition) is 1. The van der Waals surface area contributed by atoms with E-state index < -0.39 is 0 Å². The van der Waals surface area contributed by atoms with Crippen LogP contribution in [-0.2, 0) is 4.79 Å². The first-order chi connectivity index (χ1) is 4.74. The number of nitrogens with zero attached hydrogens (tertiary/aromatic N) is 1. The second-order valence-electron chi connectivity index (χ2n) is 2.81. The van der Waals surface area contributed by atoms with E-state index in [0.717, 1.165) is 18.7 Å². The van der Waals surface area contributed by atoms with Gasteiger partial charge in [-0.15, -0.1) is 0 Å². The van der Waals surface area contributed by atoms with Gasteiger partial charge in [-0.05, 0) is 7.05 Å². The fraction of sp³-hybridized carbons (Fsp3) is 0.857. The minimum atomic E-state index is 0.379. The van der Waals surface area contributed by atoms with Gasteiger partial charge in [-0.1, -0.05) is 0 Å². The van der Waals surface area contributed by atoms with E-state index in [2.05, 4.69) is 17.5 Å². The van der Waals surface area contributed by atoms with Crippen LogP contribution in [0.1, 0.15) is 12.8 Å². The Labute approximate surface area is 67.0 Å². The summed E-state index contributed by atoms with van der Waals surface area (Å²) in [7, 11) is 2.05. The van der Waals surface area contributed by atoms with Gasteiger partial charge in [-0.3, -0.25) is 4.79 Å². The van der Waals surface area contributed by atoms with Gasteiger partial charge in [0.25, 0.3) is 0 Å². The van der Waals surface area contributed by atoms with Gasteiger partial charge in [-0.25, -0.2) is 0 Å². The first kappa shape index (κ1) is 8.08. The second-order valence-corrected chi connectivity index (χ2v) is 3.17. The number of carbonyl (C=O) groups excluding carboxylic acids is 1. The van der Waals surface area contributed by atoms with Gasteiger partial charge < -0.3 is 4.90 Å². The minimum absolute atomic E-state index is 0.379. The molecule has 2 nitrogen and oxygen atoms in total. The molecule has 0 amide bonds. The standard InChI is InChI=1S/C7H13NOS/c1-8-3-2-7(9)4-6(8)5-10/h6,10H,2-5H2,1H3/t6-/m0/s1. The monoisotopic (exact) mass is 159 g/mol. The Morgan fingerprint density at radius 1 is 1.80 bits per heavy atom. The van der Waals surface area contributed by atoms with E-state index in [1.807, 2.05) is 7.05 Å². The van der Waals surface area contributed by atoms with Crippen molar-refractivity contribution in [3.63, 3.8) is 0 Å². The van der Waals surface area contributed by atoms with Crippen LogP contribution < -0.4 is 0 Å². The highest BCUT2D eigenvalue weighted by atomic mass is 32.1. The van der Waals surface area contributed by atoms with E-state index in [0.29, 0.717) is 18.2 Å². The third-order valence-electron chi connectivity index (χ3n) is 2.04. The Hall–Kier alpha value is -0.0200. The molecule has 10 heavy (non-hydrogen) atoms. The molecule has 0 spiro atoms. The molecular weight excluding hydrogens is 146 g/mol. The molecule has 0 aromatic heterocycles. The lowest BCUT2D eigenvalue weighted by Gasteiger charge is -2.30. The highest BCUT2D eigenvalue weighted by Gasteiger charge is 2.22. The van der Waals surface area contributed by atoms with Crippen LogP contribution in [-0.4, -0.2) is 36.1 Å². The number of likely N-dealkylation sites (tertiary alicyclic amines) is 1. The average molecular weight is 159 g/mol. The molecule has 1 aliphatic heterocycles. The number of thiol groups is 1. The zero-order valence-electron chi connectivity index (χ0n) is 6.21. The highest BCUT2D eigenvalue weighted by Crippen LogP contribution is 2.12. The van der Waals surface area contributed by atoms with E-state index in [-0.39, 0.29) is 0 Å². The van der Waals surface area contributed by atoms with Crippen molar-refractivity contribution in [2.24, 2.45) is 0 Å². The maximum atomic E-state index is 10.9. The summed E-state index contributed by atoms with van der Waals surface area (Å²) < 4.78 is 0. The van der Waals surface area contributed by atoms with E-state index in [4.69, 9.17) is 0 Å². The van der Waals surface area contributed by atoms with Crippen molar-refractivity contribution in [1.82, 2.24) is 4.90 Å². The third-order valence-corrected chi connectivity index (χ3v) is 2.46. The second kappa shape index (κ2) is 3.39. The summed E-state index contributed by atoms with van der Waals surface area (Å²) in [4.78, 5) is 13.1. The van der Waals surface area contributed by atoms with Gasteiger partial charge in [0.05, 0.1) is 0 Å². The predicted molar refractivity (Wildman–Crippen MR) is 44.5 cm³/mol. The lowest BCUT2D eigenvalue weighted by Crippen LogP contribution is -2.41. The lowest BCUT2D eigenvalue weighted by atomic mass is 10.0. The van der Waals surface area contributed by atoms with Crippen molar-refractivity contribution in [3.05, 3.63) is 0 Å². The Bertz CT molecular complexity index is 138. The Morgan fingerprint density at radius 2 is 2.50 bits per heavy atom. The zero-order chi connectivity index (χ0) is 7.56. The summed E-state index contributed by atoms with van der Waals surface area (Å²) in [5.41, 5.74) is 0. The molecule has 3 heteroatoms. The van der Waals surface area contributed by atoms with Crippen LogP contribution in [0.3, 0.4) is 0 Å². The molecule has 1 aliphatic rings. The molecule has 0 aliphatic carbocycles. The van der Waals surface area contributed by atoms with Crippen LogP contribution in [0.5, 0.6) is 0 Å². The normalized spacial score (nSPS) is 29.0. The molecule has 0 N–H and O–H groups in total. The summed E-state index contributed by atoms with van der Waals surface area (Å²) in [5.74, 6) is 1.18. The molecule has 1 saturated heterocycles. The number of rotatable bonds is 1. The maximum absolute atomic E-state index is 10.9. The molecule has 0 aromatic carbocycles. The Kier molecular flexibility index (Phi) is 2.74. The molecule has 0 saturated carbocycles. The summed E-state index contributed by atoms with van der Waals surface area (Å²) in [6.07, 6.45) is 1.42. The maximum Gasteiger partial charge on any atom is 0.135 e. The number of hydrogen-bond acceptors (Lipinski definition) is 3. The molecule has 0 radical (unpaired) electrons. The predicted octanol–water partition coefficient (Wildman–Crippen LogP) is 0.580. The summed E-state index contributed by atoms with van der Waals surface area (Å²) in [5, 5.41) is 0. The fourth-order valence-electron chi connectivity index (χ4n) is 1.21. The van der Waals surface area contributed by atoms with Crippen molar-refractivity contribution >= 4 is 18.4 Å². The third kappa shape index (κ3) is 1.73. The summed E-state index contributed by atoms with van der Waals surface area (Å²) in [6.45, 7) is 0.907. The molecule has 0 unspecified atom stereocenters. The summed E-state index contributed by atoms with van der Waals surface area (Å²) >= 11 is 4.17. The van der Waals surface area contributed by atoms with Gasteiger partial charge >= 0.3 is 0 Å². The van der Waals surface area contributed by atoms with Crippen molar-refractivity contribution in [2.75, 3.05) is 19.3 Å². The van der Waals surface area contributed by atoms with E-state index in [1.165, 1.54) is 0 Å². The van der Waals surface area contributed by atoms with Crippen molar-refractivity contribution in [3.8, 4) is 0 Å². The molecule has 0 bridgehead atoms. The zero-order valence-corrected chi connectivity index (χ0v) is 7.10. The van der Waals surface area contributed by atoms with Crippen LogP contribution >= 0.6 is 12.6 Å². The number of ketones is 1. The van der Waals surface area contributed by atoms with E-state index >= 15 is 0 Å². The number of Topliss-reactive ketones (excluding diaryl/α,β-unsaturated/α-hetero) is 1. The van der Waals surface area contributed by atoms with Gasteiger partial charge in [0.1, 0.15) is 5.78 Å². The van der Waals surface area contributed by atoms with Crippen molar-refractivity contribution < 1.29 is 4.79 Å². The average Bonchev–Trinajstić information content (AvgIpc) is 1.94. The topological polar surface area (TPSA) is 20.3 Å². The molecule has 58 valence electrons. The van der Waals surface area contributed by atoms with Crippen LogP contribution in [0.2, 0.25) is 0 Å². The SMILES string of the molecule is CN1CCC(=O)C[C@H]1CS. The quantitative estimate of drug-likeness (QED) is 0.565. The first-order valence-corrected chi connectivity index (χ1v) is 4.20. The Morgan fingerprint density at radius 3 is 3.00 bits per heavy atom. The first-order valence-electron chi connectivity index (χ1n) is 3.57. The molecule has 0 aromatic rings. The molecule has 1 heterocycles. The summed E-state index contributed by atoms with van der Waals surface area (Å²) in [6, 6.07) is 0.379. The van der Waals surface area contributed by atoms with Gasteiger partial charge in [0.2, 0.25) is 0 Å². The molecule has 1 atom stereocenters. The molecule has 1 rings (SSSR count). The molecular formula is C7H13NOS. The smallest absolute Gasteiger partial charge is 0.135 e. The fourth-order valence-corrected chi connectivity index (χ4v) is 1.62. The van der Waals surface area contributed by atoms with Crippen LogP contribution in [0.25, 0.3) is 0 Å². The number of piperidine rings is 1. The van der Waals surface area contributed by atoms with Crippen LogP contribution in [0.15, 0.2) is 0 Å². The minimum Gasteiger partial charge on any atom is -0.302 e. The van der Waals surface area contributed by atoms with Crippen molar-refractivity contribution in [1.29, 1.82) is 0 Å². The van der Waals surface area contributed by atoms with Gasteiger partial charge in [-0.2, -0.15) is 12.6 Å². The van der Waals surface area contributed by atoms with Crippen LogP contribution in [0, 0.1) is 0 Å². The highest BCUT2D eigenvalue weighted by molar-refractivity contribution is 7.80. The molecule has 1 fully saturated rings. The van der Waals surface area contributed by atoms with E-state index in [9.17, 15) is 4.79 Å². The van der Waals surface area contributed by atoms with Gasteiger partial charge in [0.15, 0.2) is 0 Å². The largest absolute Gasteiger partial charge is 0.302 e. The van der Waals surface area contributed by atoms with E-state index in [1.54, 1.807) is 0 Å². The Balaban J connectivity index is 2.45. The number of carbonyl (C=O) groups is 1.